The first-order valence-corrected chi connectivity index (χ1v) is 49.6. The number of thioether (sulfide) groups is 1. The van der Waals surface area contributed by atoms with E-state index in [1.165, 1.54) is 65.2 Å². The maximum absolute atomic E-state index is 15.6. The van der Waals surface area contributed by atoms with Crippen molar-refractivity contribution in [3.63, 3.8) is 0 Å². The molecule has 145 heavy (non-hydrogen) atoms. The van der Waals surface area contributed by atoms with Gasteiger partial charge in [0.25, 0.3) is 0 Å². The fourth-order valence-electron chi connectivity index (χ4n) is 16.0. The lowest BCUT2D eigenvalue weighted by atomic mass is 9.96. The number of carbonyl (C=O) groups excluding carboxylic acids is 15. The molecule has 794 valence electrons. The minimum atomic E-state index is -1.77. The fourth-order valence-corrected chi connectivity index (χ4v) is 16.4. The summed E-state index contributed by atoms with van der Waals surface area (Å²) in [5, 5.41) is 106. The van der Waals surface area contributed by atoms with Crippen molar-refractivity contribution >= 4 is 141 Å². The van der Waals surface area contributed by atoms with Crippen LogP contribution in [0.4, 0.5) is 0 Å². The highest BCUT2D eigenvalue weighted by atomic mass is 32.2. The molecule has 0 bridgehead atoms. The molecule has 15 atom stereocenters. The smallest absolute Gasteiger partial charge is 0.326 e. The number of nitrogens with one attached hydrogen (secondary N) is 20. The number of hydrogen-bond acceptors (Lipinski definition) is 25. The topological polar surface area (TPSA) is 810 Å². The molecule has 1 aromatic heterocycles. The number of nitrogens with two attached hydrogens (primary N) is 6. The van der Waals surface area contributed by atoms with Crippen LogP contribution >= 0.6 is 11.8 Å². The quantitative estimate of drug-likeness (QED) is 0.0105. The molecule has 48 nitrogen and oxygen atoms in total. The predicted molar refractivity (Wildman–Crippen MR) is 540 cm³/mol. The zero-order chi connectivity index (χ0) is 107. The number of para-hydroxylation sites is 1. The monoisotopic (exact) mass is 2040 g/mol. The van der Waals surface area contributed by atoms with Crippen LogP contribution in [-0.4, -0.2) is 285 Å². The number of carboxylic acids is 2. The van der Waals surface area contributed by atoms with Gasteiger partial charge in [0.1, 0.15) is 90.0 Å². The number of aromatic amines is 1. The Morgan fingerprint density at radius 1 is 0.455 bits per heavy atom. The lowest BCUT2D eigenvalue weighted by molar-refractivity contribution is -0.143. The minimum absolute atomic E-state index is 0.0247. The number of carboxylic acid groups (broad SMARTS) is 2. The Bertz CT molecular complexity index is 5210. The van der Waals surface area contributed by atoms with Gasteiger partial charge in [-0.15, -0.1) is 0 Å². The van der Waals surface area contributed by atoms with Crippen LogP contribution in [0, 0.1) is 28.1 Å². The number of phenols is 2. The van der Waals surface area contributed by atoms with E-state index < -0.39 is 229 Å². The van der Waals surface area contributed by atoms with Gasteiger partial charge in [-0.05, 0) is 179 Å². The van der Waals surface area contributed by atoms with Crippen molar-refractivity contribution in [2.45, 2.75) is 254 Å². The summed E-state index contributed by atoms with van der Waals surface area (Å²) in [6, 6.07) is 5.99. The van der Waals surface area contributed by atoms with Gasteiger partial charge in [-0.3, -0.25) is 92.9 Å². The van der Waals surface area contributed by atoms with E-state index >= 15 is 24.0 Å². The summed E-state index contributed by atoms with van der Waals surface area (Å²) in [7, 11) is 0. The maximum atomic E-state index is 15.6. The van der Waals surface area contributed by atoms with E-state index in [1.54, 1.807) is 94.7 Å². The molecule has 1 fully saturated rings. The second-order valence-corrected chi connectivity index (χ2v) is 37.0. The van der Waals surface area contributed by atoms with Gasteiger partial charge in [-0.25, -0.2) is 4.79 Å². The first kappa shape index (κ1) is 119. The van der Waals surface area contributed by atoms with Crippen LogP contribution in [0.25, 0.3) is 10.9 Å². The molecule has 6 rings (SSSR count). The number of fused-ring (bicyclic) bond motifs is 1. The fraction of sp³-hybridized carbons (Fsp3) is 0.521. The van der Waals surface area contributed by atoms with Gasteiger partial charge in [-0.1, -0.05) is 107 Å². The number of benzene rings is 4. The lowest BCUT2D eigenvalue weighted by Crippen LogP contribution is -2.61. The third-order valence-corrected chi connectivity index (χ3v) is 24.7. The molecule has 0 aliphatic carbocycles. The average molecular weight is 2040 g/mol. The highest BCUT2D eigenvalue weighted by Crippen LogP contribution is 2.25. The molecule has 0 unspecified atom stereocenters. The van der Waals surface area contributed by atoms with Gasteiger partial charge < -0.3 is 150 Å². The van der Waals surface area contributed by atoms with Crippen LogP contribution < -0.4 is 119 Å². The summed E-state index contributed by atoms with van der Waals surface area (Å²) < 4.78 is 0. The molecule has 1 saturated heterocycles. The van der Waals surface area contributed by atoms with E-state index in [-0.39, 0.29) is 177 Å². The third-order valence-electron chi connectivity index (χ3n) is 24.0. The maximum Gasteiger partial charge on any atom is 0.326 e. The highest BCUT2D eigenvalue weighted by Gasteiger charge is 2.43. The van der Waals surface area contributed by atoms with E-state index in [9.17, 15) is 78.0 Å². The summed E-state index contributed by atoms with van der Waals surface area (Å²) >= 11 is 1.24. The molecular weight excluding hydrogens is 1900 g/mol. The molecule has 1 aliphatic rings. The van der Waals surface area contributed by atoms with Crippen LogP contribution in [-0.2, 0) is 107 Å². The number of aromatic hydroxyl groups is 2. The SMILES string of the molecule is CC[C@H](C)[C@H](NC(=O)[C@H](Cc1ccc(O)cc1)NC(=O)CNC(=O)[C@H](CCSC)NC(=O)[C@H](CCC(=O)O)NC(=O)[C@H](CCC(N)=O)NC(=O)[C@H](Cc1c[nH]c2ccccc12)NC(=O)[C@@H](N)CCCNC(=N)N)C(=O)N[C@@H](Cc1ccccc1)C(=O)N[C@@H](Cc1ccc(O)cc1)C(=O)N1CCC[C@H]1C(=O)N[C@@H](CCCNC(=N)N)C(=O)N[C@@H](CCCCN)C(=O)N[C@@H](CC(C)C)C(=O)N[C@@H](CCCNC(=N)N)C(=O)O. The number of H-pyrrole nitrogens is 1. The Kier molecular flexibility index (Phi) is 50.6. The highest BCUT2D eigenvalue weighted by molar-refractivity contribution is 7.98. The van der Waals surface area contributed by atoms with Gasteiger partial charge in [-0.2, -0.15) is 11.8 Å². The van der Waals surface area contributed by atoms with E-state index in [0.29, 0.717) is 39.6 Å². The summed E-state index contributed by atoms with van der Waals surface area (Å²) in [6.07, 6.45) is 1.40. The number of hydrogen-bond donors (Lipinski definition) is 30. The van der Waals surface area contributed by atoms with E-state index in [4.69, 9.17) is 50.6 Å². The number of aliphatic carboxylic acids is 2. The average Bonchev–Trinajstić information content (AvgIpc) is 1.71. The van der Waals surface area contributed by atoms with Crippen LogP contribution in [0.1, 0.15) is 166 Å². The molecule has 36 N–H and O–H groups in total. The Hall–Kier alpha value is -14.9. The normalized spacial score (nSPS) is 15.1. The van der Waals surface area contributed by atoms with Gasteiger partial charge in [0.05, 0.1) is 12.6 Å². The number of unbranched alkanes of at least 4 members (excludes halogenated alkanes) is 1. The van der Waals surface area contributed by atoms with Crippen molar-refractivity contribution in [1.82, 2.24) is 95.0 Å². The molecule has 1 aliphatic heterocycles. The standard InChI is InChI=1S/C96H143N27O21S/c1-6-54(4)79(122-89(139)71(48-56-27-31-59(124)32-28-56)111-77(127)52-110-81(131)68(39-45-145-5)115-85(135)67(36-38-78(128)129)113-84(134)66(35-37-76(99)126)114-88(138)73(50-58-51-109-63-22-11-10-20-61(58)63)118-80(130)62(98)21-14-41-106-94(100)101)91(141)120-72(47-55-18-8-7-9-19-55)87(137)121-74(49-57-29-33-60(125)34-30-57)92(142)123-44-17-26-75(123)90(140)116-65(24-15-42-107-95(102)103)82(132)112-64(23-12-13-40-97)83(133)119-70(46-53(2)3)86(136)117-69(93(143)144)25-16-43-108-96(104)105/h7-11,18-20,22,27-34,51,53-54,62,64-75,79,109,124-125H,6,12-17,21,23-26,35-50,52,97-98H2,1-5H3,(H2,99,126)(H,110,131)(H,111,127)(H,112,132)(H,113,134)(H,114,138)(H,115,135)(H,116,140)(H,117,136)(H,118,130)(H,119,133)(H,120,141)(H,121,137)(H,122,139)(H,128,129)(H,143,144)(H4,100,101,106)(H4,102,103,107)(H4,104,105,108)/t54-,62-,64-,65-,66-,67-,68-,69-,70-,71-,72-,73-,74-,75-,79-/m0/s1. The number of likely N-dealkylation sites (tertiary alicyclic amines) is 1. The number of carbonyl (C=O) groups is 17. The van der Waals surface area contributed by atoms with Gasteiger partial charge >= 0.3 is 11.9 Å². The summed E-state index contributed by atoms with van der Waals surface area (Å²) in [5.41, 5.74) is 36.5. The van der Waals surface area contributed by atoms with Crippen molar-refractivity contribution < 1.29 is 102 Å². The second-order valence-electron chi connectivity index (χ2n) is 36.0. The van der Waals surface area contributed by atoms with Gasteiger partial charge in [0.2, 0.25) is 88.6 Å². The van der Waals surface area contributed by atoms with Crippen LogP contribution in [0.15, 0.2) is 109 Å². The van der Waals surface area contributed by atoms with Crippen molar-refractivity contribution in [1.29, 1.82) is 16.2 Å². The molecule has 0 spiro atoms. The molecule has 4 aromatic carbocycles. The largest absolute Gasteiger partial charge is 0.508 e. The minimum Gasteiger partial charge on any atom is -0.508 e. The zero-order valence-corrected chi connectivity index (χ0v) is 83.0. The lowest BCUT2D eigenvalue weighted by Gasteiger charge is -2.32. The Balaban J connectivity index is 1.24. The van der Waals surface area contributed by atoms with Crippen LogP contribution in [0.2, 0.25) is 0 Å². The zero-order valence-electron chi connectivity index (χ0n) is 82.2. The van der Waals surface area contributed by atoms with Crippen molar-refractivity contribution in [3.8, 4) is 11.5 Å². The first-order chi connectivity index (χ1) is 69.0. The Morgan fingerprint density at radius 3 is 1.41 bits per heavy atom. The van der Waals surface area contributed by atoms with Gasteiger partial charge in [0, 0.05) is 81.8 Å². The number of phenolic OH excluding ortho intramolecular Hbond substituents is 2. The molecular formula is C96H143N27O21S. The summed E-state index contributed by atoms with van der Waals surface area (Å²) in [4.78, 5) is 247. The second kappa shape index (κ2) is 61.8. The Labute approximate surface area is 844 Å². The number of aromatic nitrogens is 1. The van der Waals surface area contributed by atoms with Crippen molar-refractivity contribution in [2.75, 3.05) is 51.3 Å². The molecule has 15 amide bonds. The summed E-state index contributed by atoms with van der Waals surface area (Å²) in [6.45, 7) is 6.50. The van der Waals surface area contributed by atoms with E-state index in [2.05, 4.69) is 90.1 Å². The van der Waals surface area contributed by atoms with Crippen molar-refractivity contribution in [3.05, 3.63) is 132 Å². The summed E-state index contributed by atoms with van der Waals surface area (Å²) in [5.74, 6) is -18.8. The van der Waals surface area contributed by atoms with Crippen LogP contribution in [0.5, 0.6) is 11.5 Å². The molecule has 49 heteroatoms. The molecule has 0 radical (unpaired) electrons. The number of primary amides is 1. The molecule has 0 saturated carbocycles. The number of rotatable bonds is 65. The first-order valence-electron chi connectivity index (χ1n) is 48.3. The molecule has 5 aromatic rings. The van der Waals surface area contributed by atoms with E-state index in [0.717, 1.165) is 0 Å². The number of nitrogens with zero attached hydrogens (tertiary/aromatic N) is 1. The van der Waals surface area contributed by atoms with Crippen LogP contribution in [0.3, 0.4) is 0 Å². The molecule has 2 heterocycles. The number of amides is 15. The predicted octanol–water partition coefficient (Wildman–Crippen LogP) is -2.92. The number of guanidine groups is 3. The van der Waals surface area contributed by atoms with E-state index in [1.807, 2.05) is 0 Å². The third kappa shape index (κ3) is 42.3. The van der Waals surface area contributed by atoms with Gasteiger partial charge in [0.15, 0.2) is 17.9 Å². The Morgan fingerprint density at radius 2 is 0.890 bits per heavy atom. The van der Waals surface area contributed by atoms with Crippen molar-refractivity contribution in [2.24, 2.45) is 46.2 Å².